The van der Waals surface area contributed by atoms with Crippen LogP contribution < -0.4 is 5.32 Å². The maximum Gasteiger partial charge on any atom is 0.295 e. The van der Waals surface area contributed by atoms with Crippen LogP contribution in [0.1, 0.15) is 21.7 Å². The Kier molecular flexibility index (Phi) is 5.14. The Morgan fingerprint density at radius 1 is 0.931 bits per heavy atom. The minimum atomic E-state index is -0.419. The zero-order chi connectivity index (χ0) is 20.4. The van der Waals surface area contributed by atoms with Gasteiger partial charge in [-0.15, -0.1) is 5.10 Å². The molecule has 6 heteroatoms. The largest absolute Gasteiger partial charge is 0.318 e. The number of para-hydroxylation sites is 1. The fraction of sp³-hybridized carbons (Fsp3) is 0.0870. The van der Waals surface area contributed by atoms with Gasteiger partial charge in [0.05, 0.1) is 16.4 Å². The molecule has 0 bridgehead atoms. The number of aryl methyl sites for hydroxylation is 2. The monoisotopic (exact) mass is 402 g/mol. The molecule has 0 unspecified atom stereocenters. The van der Waals surface area contributed by atoms with Gasteiger partial charge in [-0.1, -0.05) is 65.7 Å². The van der Waals surface area contributed by atoms with Crippen LogP contribution in [-0.2, 0) is 0 Å². The number of aromatic nitrogens is 3. The molecule has 0 fully saturated rings. The first-order valence-corrected chi connectivity index (χ1v) is 9.56. The average molecular weight is 403 g/mol. The summed E-state index contributed by atoms with van der Waals surface area (Å²) < 4.78 is 1.69. The van der Waals surface area contributed by atoms with Crippen LogP contribution in [0.15, 0.2) is 72.8 Å². The second-order valence-corrected chi connectivity index (χ2v) is 7.22. The number of anilines is 1. The van der Waals surface area contributed by atoms with E-state index in [0.29, 0.717) is 16.5 Å². The number of carbonyl (C=O) groups is 1. The molecule has 0 aliphatic heterocycles. The molecule has 4 rings (SSSR count). The smallest absolute Gasteiger partial charge is 0.295 e. The van der Waals surface area contributed by atoms with Crippen molar-refractivity contribution >= 4 is 23.2 Å². The normalized spacial score (nSPS) is 10.7. The molecule has 1 aromatic heterocycles. The number of hydrogen-bond donors (Lipinski definition) is 1. The van der Waals surface area contributed by atoms with Gasteiger partial charge in [0.2, 0.25) is 5.82 Å². The van der Waals surface area contributed by atoms with Crippen molar-refractivity contribution in [2.45, 2.75) is 13.8 Å². The molecule has 0 saturated heterocycles. The molecule has 5 nitrogen and oxygen atoms in total. The average Bonchev–Trinajstić information content (AvgIpc) is 3.16. The van der Waals surface area contributed by atoms with Crippen molar-refractivity contribution < 1.29 is 4.79 Å². The standard InChI is InChI=1S/C23H19ClN4O/c1-15-10-12-17(13-11-15)22-26-21(23(29)25-20-9-4-3-8-19(20)24)27-28(22)18-7-5-6-16(2)14-18/h3-14H,1-2H3,(H,25,29). The third kappa shape index (κ3) is 4.05. The van der Waals surface area contributed by atoms with Gasteiger partial charge in [-0.2, -0.15) is 0 Å². The van der Waals surface area contributed by atoms with Gasteiger partial charge in [0, 0.05) is 5.56 Å². The lowest BCUT2D eigenvalue weighted by Gasteiger charge is -2.07. The van der Waals surface area contributed by atoms with E-state index in [2.05, 4.69) is 15.4 Å². The molecule has 29 heavy (non-hydrogen) atoms. The van der Waals surface area contributed by atoms with E-state index in [1.54, 1.807) is 28.9 Å². The fourth-order valence-electron chi connectivity index (χ4n) is 2.98. The third-order valence-corrected chi connectivity index (χ3v) is 4.82. The Hall–Kier alpha value is -3.44. The molecule has 3 aromatic carbocycles. The summed E-state index contributed by atoms with van der Waals surface area (Å²) in [5, 5.41) is 7.73. The van der Waals surface area contributed by atoms with Gasteiger partial charge in [0.25, 0.3) is 5.91 Å². The zero-order valence-corrected chi connectivity index (χ0v) is 16.8. The lowest BCUT2D eigenvalue weighted by molar-refractivity contribution is 0.101. The van der Waals surface area contributed by atoms with Crippen molar-refractivity contribution in [2.75, 3.05) is 5.32 Å². The Bertz CT molecular complexity index is 1180. The highest BCUT2D eigenvalue weighted by Crippen LogP contribution is 2.24. The molecule has 0 atom stereocenters. The van der Waals surface area contributed by atoms with Crippen molar-refractivity contribution in [2.24, 2.45) is 0 Å². The second kappa shape index (κ2) is 7.89. The predicted octanol–water partition coefficient (Wildman–Crippen LogP) is 5.46. The van der Waals surface area contributed by atoms with E-state index >= 15 is 0 Å². The number of nitrogens with one attached hydrogen (secondary N) is 1. The topological polar surface area (TPSA) is 59.8 Å². The minimum Gasteiger partial charge on any atom is -0.318 e. The molecule has 144 valence electrons. The fourth-order valence-corrected chi connectivity index (χ4v) is 3.16. The summed E-state index contributed by atoms with van der Waals surface area (Å²) in [5.41, 5.74) is 4.47. The molecule has 0 radical (unpaired) electrons. The van der Waals surface area contributed by atoms with Crippen LogP contribution >= 0.6 is 11.6 Å². The van der Waals surface area contributed by atoms with Gasteiger partial charge in [-0.25, -0.2) is 9.67 Å². The van der Waals surface area contributed by atoms with Crippen LogP contribution in [-0.4, -0.2) is 20.7 Å². The highest BCUT2D eigenvalue weighted by molar-refractivity contribution is 6.33. The van der Waals surface area contributed by atoms with E-state index in [0.717, 1.165) is 22.4 Å². The first-order valence-electron chi connectivity index (χ1n) is 9.18. The molecular formula is C23H19ClN4O. The molecule has 1 amide bonds. The van der Waals surface area contributed by atoms with Gasteiger partial charge < -0.3 is 5.32 Å². The van der Waals surface area contributed by atoms with E-state index in [9.17, 15) is 4.79 Å². The number of halogens is 1. The summed E-state index contributed by atoms with van der Waals surface area (Å²) in [6.45, 7) is 4.04. The van der Waals surface area contributed by atoms with Crippen molar-refractivity contribution in [1.29, 1.82) is 0 Å². The molecule has 0 aliphatic rings. The van der Waals surface area contributed by atoms with Crippen molar-refractivity contribution in [1.82, 2.24) is 14.8 Å². The van der Waals surface area contributed by atoms with Crippen molar-refractivity contribution in [3.63, 3.8) is 0 Å². The Labute approximate surface area is 174 Å². The summed E-state index contributed by atoms with van der Waals surface area (Å²) in [4.78, 5) is 17.3. The van der Waals surface area contributed by atoms with E-state index in [1.165, 1.54) is 0 Å². The maximum atomic E-state index is 12.8. The number of carbonyl (C=O) groups excluding carboxylic acids is 1. The van der Waals surface area contributed by atoms with Crippen LogP contribution in [0.3, 0.4) is 0 Å². The van der Waals surface area contributed by atoms with Crippen LogP contribution in [0.25, 0.3) is 17.1 Å². The number of rotatable bonds is 4. The summed E-state index contributed by atoms with van der Waals surface area (Å²) in [5.74, 6) is 0.250. The molecule has 0 spiro atoms. The van der Waals surface area contributed by atoms with E-state index in [1.807, 2.05) is 62.4 Å². The van der Waals surface area contributed by atoms with Crippen molar-refractivity contribution in [3.8, 4) is 17.1 Å². The summed E-state index contributed by atoms with van der Waals surface area (Å²) in [7, 11) is 0. The maximum absolute atomic E-state index is 12.8. The van der Waals surface area contributed by atoms with Gasteiger partial charge in [0.15, 0.2) is 5.82 Å². The first-order chi connectivity index (χ1) is 14.0. The van der Waals surface area contributed by atoms with E-state index < -0.39 is 5.91 Å². The lowest BCUT2D eigenvalue weighted by Crippen LogP contribution is -2.14. The number of amides is 1. The summed E-state index contributed by atoms with van der Waals surface area (Å²) >= 11 is 6.16. The van der Waals surface area contributed by atoms with Crippen LogP contribution in [0.4, 0.5) is 5.69 Å². The SMILES string of the molecule is Cc1ccc(-c2nc(C(=O)Nc3ccccc3Cl)nn2-c2cccc(C)c2)cc1. The van der Waals surface area contributed by atoms with Gasteiger partial charge >= 0.3 is 0 Å². The number of benzene rings is 3. The van der Waals surface area contributed by atoms with E-state index in [-0.39, 0.29) is 5.82 Å². The second-order valence-electron chi connectivity index (χ2n) is 6.81. The lowest BCUT2D eigenvalue weighted by atomic mass is 10.1. The number of nitrogens with zero attached hydrogens (tertiary/aromatic N) is 3. The van der Waals surface area contributed by atoms with Crippen LogP contribution in [0, 0.1) is 13.8 Å². The molecule has 1 N–H and O–H groups in total. The quantitative estimate of drug-likeness (QED) is 0.493. The van der Waals surface area contributed by atoms with Gasteiger partial charge in [0.1, 0.15) is 0 Å². The van der Waals surface area contributed by atoms with Gasteiger partial charge in [-0.3, -0.25) is 4.79 Å². The summed E-state index contributed by atoms with van der Waals surface area (Å²) in [6, 6.07) is 22.9. The number of hydrogen-bond acceptors (Lipinski definition) is 3. The van der Waals surface area contributed by atoms with Gasteiger partial charge in [-0.05, 0) is 43.7 Å². The minimum absolute atomic E-state index is 0.0713. The van der Waals surface area contributed by atoms with Crippen molar-refractivity contribution in [3.05, 3.63) is 94.8 Å². The third-order valence-electron chi connectivity index (χ3n) is 4.49. The molecule has 0 aliphatic carbocycles. The summed E-state index contributed by atoms with van der Waals surface area (Å²) in [6.07, 6.45) is 0. The van der Waals surface area contributed by atoms with Crippen LogP contribution in [0.5, 0.6) is 0 Å². The predicted molar refractivity (Wildman–Crippen MR) is 116 cm³/mol. The highest BCUT2D eigenvalue weighted by atomic mass is 35.5. The first kappa shape index (κ1) is 18.9. The van der Waals surface area contributed by atoms with E-state index in [4.69, 9.17) is 11.6 Å². The Morgan fingerprint density at radius 3 is 2.41 bits per heavy atom. The zero-order valence-electron chi connectivity index (χ0n) is 16.1. The molecule has 0 saturated carbocycles. The van der Waals surface area contributed by atoms with Crippen LogP contribution in [0.2, 0.25) is 5.02 Å². The molecular weight excluding hydrogens is 384 g/mol. The molecule has 1 heterocycles. The highest BCUT2D eigenvalue weighted by Gasteiger charge is 2.19. The Balaban J connectivity index is 1.78. The molecule has 4 aromatic rings. The Morgan fingerprint density at radius 2 is 1.69 bits per heavy atom.